The van der Waals surface area contributed by atoms with Gasteiger partial charge in [-0.1, -0.05) is 35.6 Å². The molecule has 0 saturated carbocycles. The Labute approximate surface area is 168 Å². The number of thiazole rings is 1. The van der Waals surface area contributed by atoms with E-state index in [1.807, 2.05) is 24.3 Å². The first kappa shape index (κ1) is 20.2. The third-order valence-electron chi connectivity index (χ3n) is 4.16. The SMILES string of the molecule is CNS(=O)(=O)c1ccc(CCC(=O)NCCNc2nc3ccccc3s2)cc1. The number of amides is 1. The summed E-state index contributed by atoms with van der Waals surface area (Å²) in [5.41, 5.74) is 1.88. The predicted molar refractivity (Wildman–Crippen MR) is 112 cm³/mol. The molecular weight excluding hydrogens is 396 g/mol. The number of para-hydroxylation sites is 1. The van der Waals surface area contributed by atoms with Crippen molar-refractivity contribution >= 4 is 42.6 Å². The summed E-state index contributed by atoms with van der Waals surface area (Å²) in [7, 11) is -2.06. The van der Waals surface area contributed by atoms with Gasteiger partial charge in [0.05, 0.1) is 15.1 Å². The average molecular weight is 419 g/mol. The quantitative estimate of drug-likeness (QED) is 0.463. The van der Waals surface area contributed by atoms with Crippen LogP contribution in [0, 0.1) is 0 Å². The molecule has 3 rings (SSSR count). The van der Waals surface area contributed by atoms with Gasteiger partial charge in [0, 0.05) is 19.5 Å². The van der Waals surface area contributed by atoms with Crippen LogP contribution in [-0.4, -0.2) is 39.4 Å². The lowest BCUT2D eigenvalue weighted by Gasteiger charge is -2.07. The summed E-state index contributed by atoms with van der Waals surface area (Å²) >= 11 is 1.59. The molecule has 0 bridgehead atoms. The number of benzene rings is 2. The van der Waals surface area contributed by atoms with E-state index in [9.17, 15) is 13.2 Å². The third-order valence-corrected chi connectivity index (χ3v) is 6.58. The van der Waals surface area contributed by atoms with E-state index in [1.54, 1.807) is 35.6 Å². The van der Waals surface area contributed by atoms with Crippen molar-refractivity contribution in [2.24, 2.45) is 0 Å². The first-order chi connectivity index (χ1) is 13.5. The van der Waals surface area contributed by atoms with Crippen molar-refractivity contribution in [1.29, 1.82) is 0 Å². The fourth-order valence-electron chi connectivity index (χ4n) is 2.62. The van der Waals surface area contributed by atoms with Crippen molar-refractivity contribution in [3.05, 3.63) is 54.1 Å². The molecule has 9 heteroatoms. The van der Waals surface area contributed by atoms with E-state index in [-0.39, 0.29) is 10.8 Å². The molecule has 0 aliphatic heterocycles. The van der Waals surface area contributed by atoms with Gasteiger partial charge in [-0.2, -0.15) is 0 Å². The highest BCUT2D eigenvalue weighted by Crippen LogP contribution is 2.24. The molecule has 0 atom stereocenters. The van der Waals surface area contributed by atoms with Crippen LogP contribution in [0.25, 0.3) is 10.2 Å². The summed E-state index contributed by atoms with van der Waals surface area (Å²) in [6, 6.07) is 14.5. The zero-order valence-electron chi connectivity index (χ0n) is 15.4. The van der Waals surface area contributed by atoms with Crippen LogP contribution in [0.15, 0.2) is 53.4 Å². The number of hydrogen-bond donors (Lipinski definition) is 3. The van der Waals surface area contributed by atoms with Crippen molar-refractivity contribution in [2.45, 2.75) is 17.7 Å². The fraction of sp³-hybridized carbons (Fsp3) is 0.263. The van der Waals surface area contributed by atoms with E-state index in [2.05, 4.69) is 20.3 Å². The van der Waals surface area contributed by atoms with Crippen LogP contribution in [0.1, 0.15) is 12.0 Å². The number of rotatable bonds is 9. The van der Waals surface area contributed by atoms with Crippen LogP contribution in [-0.2, 0) is 21.2 Å². The average Bonchev–Trinajstić information content (AvgIpc) is 3.13. The molecular formula is C19H22N4O3S2. The number of fused-ring (bicyclic) bond motifs is 1. The van der Waals surface area contributed by atoms with Gasteiger partial charge < -0.3 is 10.6 Å². The number of aryl methyl sites for hydroxylation is 1. The molecule has 0 saturated heterocycles. The minimum absolute atomic E-state index is 0.0435. The smallest absolute Gasteiger partial charge is 0.240 e. The summed E-state index contributed by atoms with van der Waals surface area (Å²) in [6.07, 6.45) is 0.899. The molecule has 7 nitrogen and oxygen atoms in total. The second kappa shape index (κ2) is 9.13. The molecule has 1 heterocycles. The normalized spacial score (nSPS) is 11.5. The molecule has 148 valence electrons. The van der Waals surface area contributed by atoms with Crippen molar-refractivity contribution < 1.29 is 13.2 Å². The van der Waals surface area contributed by atoms with Gasteiger partial charge in [-0.25, -0.2) is 18.1 Å². The van der Waals surface area contributed by atoms with Gasteiger partial charge in [0.25, 0.3) is 0 Å². The Balaban J connectivity index is 1.38. The minimum Gasteiger partial charge on any atom is -0.360 e. The van der Waals surface area contributed by atoms with E-state index >= 15 is 0 Å². The van der Waals surface area contributed by atoms with Gasteiger partial charge in [-0.05, 0) is 43.3 Å². The topological polar surface area (TPSA) is 100 Å². The Morgan fingerprint density at radius 1 is 1.07 bits per heavy atom. The number of nitrogens with one attached hydrogen (secondary N) is 3. The maximum atomic E-state index is 12.0. The molecule has 28 heavy (non-hydrogen) atoms. The molecule has 0 fully saturated rings. The van der Waals surface area contributed by atoms with Gasteiger partial charge in [0.15, 0.2) is 5.13 Å². The van der Waals surface area contributed by atoms with Crippen LogP contribution in [0.5, 0.6) is 0 Å². The monoisotopic (exact) mass is 418 g/mol. The Hall–Kier alpha value is -2.49. The molecule has 0 radical (unpaired) electrons. The zero-order valence-corrected chi connectivity index (χ0v) is 17.1. The molecule has 2 aromatic carbocycles. The number of carbonyl (C=O) groups is 1. The highest BCUT2D eigenvalue weighted by atomic mass is 32.2. The van der Waals surface area contributed by atoms with E-state index in [4.69, 9.17) is 0 Å². The summed E-state index contributed by atoms with van der Waals surface area (Å²) in [5, 5.41) is 6.93. The third kappa shape index (κ3) is 5.28. The highest BCUT2D eigenvalue weighted by molar-refractivity contribution is 7.89. The summed E-state index contributed by atoms with van der Waals surface area (Å²) in [5.74, 6) is -0.0435. The van der Waals surface area contributed by atoms with Gasteiger partial charge in [0.2, 0.25) is 15.9 Å². The Morgan fingerprint density at radius 2 is 1.82 bits per heavy atom. The second-order valence-corrected chi connectivity index (χ2v) is 9.03. The minimum atomic E-state index is -3.43. The van der Waals surface area contributed by atoms with E-state index in [0.29, 0.717) is 25.9 Å². The van der Waals surface area contributed by atoms with Gasteiger partial charge in [0.1, 0.15) is 0 Å². The molecule has 0 aliphatic carbocycles. The number of anilines is 1. The fourth-order valence-corrected chi connectivity index (χ4v) is 4.24. The highest BCUT2D eigenvalue weighted by Gasteiger charge is 2.10. The van der Waals surface area contributed by atoms with E-state index < -0.39 is 10.0 Å². The van der Waals surface area contributed by atoms with Crippen LogP contribution in [0.3, 0.4) is 0 Å². The van der Waals surface area contributed by atoms with Gasteiger partial charge in [-0.3, -0.25) is 4.79 Å². The number of hydrogen-bond acceptors (Lipinski definition) is 6. The van der Waals surface area contributed by atoms with Gasteiger partial charge in [-0.15, -0.1) is 0 Å². The van der Waals surface area contributed by atoms with Crippen molar-refractivity contribution in [2.75, 3.05) is 25.5 Å². The van der Waals surface area contributed by atoms with E-state index in [1.165, 1.54) is 7.05 Å². The molecule has 3 N–H and O–H groups in total. The van der Waals surface area contributed by atoms with Crippen molar-refractivity contribution in [3.63, 3.8) is 0 Å². The lowest BCUT2D eigenvalue weighted by Crippen LogP contribution is -2.28. The summed E-state index contributed by atoms with van der Waals surface area (Å²) < 4.78 is 26.8. The van der Waals surface area contributed by atoms with Crippen LogP contribution >= 0.6 is 11.3 Å². The lowest BCUT2D eigenvalue weighted by molar-refractivity contribution is -0.120. The number of sulfonamides is 1. The molecule has 0 unspecified atom stereocenters. The van der Waals surface area contributed by atoms with Crippen molar-refractivity contribution in [3.8, 4) is 0 Å². The molecule has 1 amide bonds. The largest absolute Gasteiger partial charge is 0.360 e. The first-order valence-corrected chi connectivity index (χ1v) is 11.2. The van der Waals surface area contributed by atoms with E-state index in [0.717, 1.165) is 20.9 Å². The summed E-state index contributed by atoms with van der Waals surface area (Å²) in [6.45, 7) is 1.11. The number of carbonyl (C=O) groups excluding carboxylic acids is 1. The Bertz CT molecular complexity index is 1010. The number of nitrogens with zero attached hydrogens (tertiary/aromatic N) is 1. The standard InChI is InChI=1S/C19H22N4O3S2/c1-20-28(25,26)15-9-6-14(7-10-15)8-11-18(24)21-12-13-22-19-23-16-4-2-3-5-17(16)27-19/h2-7,9-10,20H,8,11-13H2,1H3,(H,21,24)(H,22,23). The van der Waals surface area contributed by atoms with Crippen molar-refractivity contribution in [1.82, 2.24) is 15.0 Å². The molecule has 0 spiro atoms. The zero-order chi connectivity index (χ0) is 20.0. The molecule has 0 aliphatic rings. The molecule has 1 aromatic heterocycles. The maximum Gasteiger partial charge on any atom is 0.240 e. The number of aromatic nitrogens is 1. The Kier molecular flexibility index (Phi) is 6.61. The Morgan fingerprint density at radius 3 is 2.54 bits per heavy atom. The van der Waals surface area contributed by atoms with Crippen LogP contribution < -0.4 is 15.4 Å². The maximum absolute atomic E-state index is 12.0. The van der Waals surface area contributed by atoms with Gasteiger partial charge >= 0.3 is 0 Å². The van der Waals surface area contributed by atoms with Crippen LogP contribution in [0.2, 0.25) is 0 Å². The predicted octanol–water partition coefficient (Wildman–Crippen LogP) is 2.37. The molecule has 3 aromatic rings. The first-order valence-electron chi connectivity index (χ1n) is 8.86. The second-order valence-electron chi connectivity index (χ2n) is 6.11. The summed E-state index contributed by atoms with van der Waals surface area (Å²) in [4.78, 5) is 16.7. The lowest BCUT2D eigenvalue weighted by atomic mass is 10.1. The van der Waals surface area contributed by atoms with Crippen LogP contribution in [0.4, 0.5) is 5.13 Å².